The average molecular weight is 366 g/mol. The van der Waals surface area contributed by atoms with Crippen LogP contribution < -0.4 is 16.1 Å². The van der Waals surface area contributed by atoms with Crippen molar-refractivity contribution >= 4 is 22.8 Å². The highest BCUT2D eigenvalue weighted by molar-refractivity contribution is 5.77. The lowest BCUT2D eigenvalue weighted by molar-refractivity contribution is 0.154. The minimum Gasteiger partial charge on any atom is -0.389 e. The zero-order valence-electron chi connectivity index (χ0n) is 14.7. The van der Waals surface area contributed by atoms with Gasteiger partial charge in [-0.25, -0.2) is 4.79 Å². The predicted octanol–water partition coefficient (Wildman–Crippen LogP) is 0.323. The summed E-state index contributed by atoms with van der Waals surface area (Å²) in [6.45, 7) is 0.564. The van der Waals surface area contributed by atoms with E-state index in [1.165, 1.54) is 4.57 Å². The molecular formula is C18H18N6O3. The van der Waals surface area contributed by atoms with Crippen LogP contribution in [0.15, 0.2) is 39.9 Å². The summed E-state index contributed by atoms with van der Waals surface area (Å²) >= 11 is 0. The second-order valence-electron chi connectivity index (χ2n) is 6.50. The van der Waals surface area contributed by atoms with Crippen molar-refractivity contribution in [3.05, 3.63) is 51.2 Å². The van der Waals surface area contributed by atoms with Gasteiger partial charge in [-0.05, 0) is 12.1 Å². The van der Waals surface area contributed by atoms with E-state index < -0.39 is 17.4 Å². The van der Waals surface area contributed by atoms with Crippen LogP contribution in [0.25, 0.3) is 11.2 Å². The molecule has 0 radical (unpaired) electrons. The van der Waals surface area contributed by atoms with Crippen LogP contribution in [0.1, 0.15) is 6.42 Å². The van der Waals surface area contributed by atoms with Crippen molar-refractivity contribution in [1.29, 1.82) is 5.26 Å². The molecule has 1 aliphatic heterocycles. The summed E-state index contributed by atoms with van der Waals surface area (Å²) in [6, 6.07) is 11.4. The number of anilines is 2. The fraction of sp³-hybridized carbons (Fsp3) is 0.333. The van der Waals surface area contributed by atoms with E-state index in [1.807, 2.05) is 41.3 Å². The van der Waals surface area contributed by atoms with Gasteiger partial charge in [0.25, 0.3) is 5.56 Å². The number of rotatable bonds is 3. The topological polar surface area (TPSA) is 109 Å². The number of hydrogen-bond acceptors (Lipinski definition) is 6. The van der Waals surface area contributed by atoms with Gasteiger partial charge in [0.1, 0.15) is 0 Å². The summed E-state index contributed by atoms with van der Waals surface area (Å²) in [6.07, 6.45) is -0.639. The summed E-state index contributed by atoms with van der Waals surface area (Å²) in [5.74, 6) is 0.506. The smallest absolute Gasteiger partial charge is 0.332 e. The van der Waals surface area contributed by atoms with Gasteiger partial charge in [-0.1, -0.05) is 18.2 Å². The molecular weight excluding hydrogens is 348 g/mol. The van der Waals surface area contributed by atoms with Crippen LogP contribution in [0.2, 0.25) is 0 Å². The molecule has 9 nitrogen and oxygen atoms in total. The van der Waals surface area contributed by atoms with E-state index in [4.69, 9.17) is 5.26 Å². The van der Waals surface area contributed by atoms with Gasteiger partial charge in [-0.15, -0.1) is 0 Å². The molecule has 0 amide bonds. The van der Waals surface area contributed by atoms with E-state index in [9.17, 15) is 14.7 Å². The third-order valence-electron chi connectivity index (χ3n) is 4.76. The Hall–Kier alpha value is -3.38. The van der Waals surface area contributed by atoms with Crippen molar-refractivity contribution in [2.75, 3.05) is 11.4 Å². The molecule has 27 heavy (non-hydrogen) atoms. The number of β-amino-alcohol motifs (C(OH)–C–C–N with tert-alkyl or cyclic N) is 1. The first-order valence-corrected chi connectivity index (χ1v) is 8.60. The molecule has 0 unspecified atom stereocenters. The van der Waals surface area contributed by atoms with Crippen molar-refractivity contribution in [3.8, 4) is 6.07 Å². The first-order valence-electron chi connectivity index (χ1n) is 8.60. The quantitative estimate of drug-likeness (QED) is 0.715. The lowest BCUT2D eigenvalue weighted by atomic mass is 10.2. The van der Waals surface area contributed by atoms with Crippen molar-refractivity contribution in [1.82, 2.24) is 18.7 Å². The summed E-state index contributed by atoms with van der Waals surface area (Å²) in [4.78, 5) is 31.9. The fourth-order valence-electron chi connectivity index (χ4n) is 3.49. The highest BCUT2D eigenvalue weighted by Gasteiger charge is 2.30. The van der Waals surface area contributed by atoms with Crippen LogP contribution in [0.3, 0.4) is 0 Å². The van der Waals surface area contributed by atoms with Gasteiger partial charge in [0.2, 0.25) is 5.95 Å². The number of aliphatic hydroxyl groups is 1. The van der Waals surface area contributed by atoms with E-state index >= 15 is 0 Å². The first-order chi connectivity index (χ1) is 13.0. The molecule has 9 heteroatoms. The van der Waals surface area contributed by atoms with Gasteiger partial charge in [-0.2, -0.15) is 10.2 Å². The molecule has 1 atom stereocenters. The third-order valence-corrected chi connectivity index (χ3v) is 4.76. The molecule has 0 bridgehead atoms. The molecule has 2 aromatic heterocycles. The monoisotopic (exact) mass is 366 g/mol. The van der Waals surface area contributed by atoms with Crippen LogP contribution in [-0.2, 0) is 20.1 Å². The Morgan fingerprint density at radius 1 is 1.26 bits per heavy atom. The number of aryl methyl sites for hydroxylation is 1. The van der Waals surface area contributed by atoms with Crippen molar-refractivity contribution in [2.45, 2.75) is 25.6 Å². The molecule has 1 aromatic carbocycles. The van der Waals surface area contributed by atoms with Crippen LogP contribution in [0.4, 0.5) is 11.6 Å². The normalized spacial score (nSPS) is 16.3. The Kier molecular flexibility index (Phi) is 4.05. The average Bonchev–Trinajstić information content (AvgIpc) is 3.06. The molecule has 138 valence electrons. The minimum absolute atomic E-state index is 0.0173. The van der Waals surface area contributed by atoms with Crippen LogP contribution >= 0.6 is 0 Å². The maximum atomic E-state index is 13.0. The second-order valence-corrected chi connectivity index (χ2v) is 6.50. The molecule has 3 heterocycles. The SMILES string of the molecule is Cn1c(=O)n(CCC#N)c(=O)c2c1nc1n2C[C@@H](O)CN1c1ccccc1. The lowest BCUT2D eigenvalue weighted by Gasteiger charge is -2.32. The lowest BCUT2D eigenvalue weighted by Crippen LogP contribution is -2.41. The summed E-state index contributed by atoms with van der Waals surface area (Å²) < 4.78 is 4.02. The van der Waals surface area contributed by atoms with Crippen LogP contribution in [-0.4, -0.2) is 36.4 Å². The molecule has 1 aliphatic rings. The molecule has 0 saturated carbocycles. The zero-order chi connectivity index (χ0) is 19.1. The molecule has 1 N–H and O–H groups in total. The Bertz CT molecular complexity index is 1170. The summed E-state index contributed by atoms with van der Waals surface area (Å²) in [5, 5.41) is 19.2. The Morgan fingerprint density at radius 3 is 2.70 bits per heavy atom. The molecule has 4 rings (SSSR count). The standard InChI is InChI=1S/C18H18N6O3/c1-21-15-14(16(26)22(18(21)27)9-5-8-19)24-11-13(25)10-23(17(24)20-15)12-6-3-2-4-7-12/h2-4,6-7,13,25H,5,9-11H2,1H3/t13-/m0/s1. The zero-order valence-corrected chi connectivity index (χ0v) is 14.7. The predicted molar refractivity (Wildman–Crippen MR) is 98.9 cm³/mol. The minimum atomic E-state index is -0.695. The van der Waals surface area contributed by atoms with Crippen LogP contribution in [0.5, 0.6) is 0 Å². The van der Waals surface area contributed by atoms with Gasteiger partial charge in [-0.3, -0.25) is 13.9 Å². The maximum Gasteiger partial charge on any atom is 0.332 e. The number of hydrogen-bond donors (Lipinski definition) is 1. The van der Waals surface area contributed by atoms with E-state index in [-0.39, 0.29) is 30.7 Å². The number of para-hydroxylation sites is 1. The van der Waals surface area contributed by atoms with Crippen LogP contribution in [0, 0.1) is 11.3 Å². The number of fused-ring (bicyclic) bond motifs is 3. The van der Waals surface area contributed by atoms with Crippen molar-refractivity contribution in [3.63, 3.8) is 0 Å². The maximum absolute atomic E-state index is 13.0. The van der Waals surface area contributed by atoms with Gasteiger partial charge in [0, 0.05) is 19.3 Å². The number of aromatic nitrogens is 4. The highest BCUT2D eigenvalue weighted by Crippen LogP contribution is 2.30. The summed E-state index contributed by atoms with van der Waals surface area (Å²) in [5.41, 5.74) is 0.352. The largest absolute Gasteiger partial charge is 0.389 e. The molecule has 0 saturated heterocycles. The van der Waals surface area contributed by atoms with Gasteiger partial charge in [0.05, 0.1) is 31.7 Å². The summed E-state index contributed by atoms with van der Waals surface area (Å²) in [7, 11) is 1.55. The Labute approximate surface area is 153 Å². The fourth-order valence-corrected chi connectivity index (χ4v) is 3.49. The van der Waals surface area contributed by atoms with E-state index in [1.54, 1.807) is 11.6 Å². The van der Waals surface area contributed by atoms with E-state index in [0.717, 1.165) is 10.3 Å². The number of nitriles is 1. The molecule has 0 aliphatic carbocycles. The molecule has 0 spiro atoms. The number of imidazole rings is 1. The third kappa shape index (κ3) is 2.62. The van der Waals surface area contributed by atoms with E-state index in [0.29, 0.717) is 12.5 Å². The molecule has 3 aromatic rings. The Morgan fingerprint density at radius 2 is 2.00 bits per heavy atom. The van der Waals surface area contributed by atoms with Gasteiger partial charge >= 0.3 is 5.69 Å². The molecule has 0 fully saturated rings. The second kappa shape index (κ2) is 6.41. The number of nitrogens with zero attached hydrogens (tertiary/aromatic N) is 6. The van der Waals surface area contributed by atoms with E-state index in [2.05, 4.69) is 4.98 Å². The number of benzene rings is 1. The highest BCUT2D eigenvalue weighted by atomic mass is 16.3. The Balaban J connectivity index is 2.00. The van der Waals surface area contributed by atoms with Crippen molar-refractivity contribution in [2.24, 2.45) is 7.05 Å². The van der Waals surface area contributed by atoms with Gasteiger partial charge in [0.15, 0.2) is 11.2 Å². The first kappa shape index (κ1) is 17.1. The number of aliphatic hydroxyl groups excluding tert-OH is 1. The van der Waals surface area contributed by atoms with Gasteiger partial charge < -0.3 is 14.6 Å². The van der Waals surface area contributed by atoms with Crippen molar-refractivity contribution < 1.29 is 5.11 Å².